The van der Waals surface area contributed by atoms with Crippen LogP contribution in [0.15, 0.2) is 18.2 Å². The van der Waals surface area contributed by atoms with Gasteiger partial charge < -0.3 is 4.74 Å². The van der Waals surface area contributed by atoms with Crippen LogP contribution in [-0.2, 0) is 11.8 Å². The molecule has 0 aliphatic heterocycles. The number of ether oxygens (including phenoxy) is 1. The van der Waals surface area contributed by atoms with Crippen LogP contribution in [0.4, 0.5) is 13.2 Å². The van der Waals surface area contributed by atoms with Gasteiger partial charge in [0.05, 0.1) is 0 Å². The average Bonchev–Trinajstić information content (AvgIpc) is 2.09. The van der Waals surface area contributed by atoms with Gasteiger partial charge in [-0.25, -0.2) is 0 Å². The molecular formula is C16H23F3O. The van der Waals surface area contributed by atoms with Crippen LogP contribution in [-0.4, -0.2) is 6.36 Å². The minimum Gasteiger partial charge on any atom is -0.406 e. The summed E-state index contributed by atoms with van der Waals surface area (Å²) < 4.78 is 41.3. The van der Waals surface area contributed by atoms with Crippen molar-refractivity contribution in [2.75, 3.05) is 0 Å². The van der Waals surface area contributed by atoms with Gasteiger partial charge in [0.15, 0.2) is 0 Å². The van der Waals surface area contributed by atoms with Crippen molar-refractivity contribution < 1.29 is 17.9 Å². The van der Waals surface area contributed by atoms with Gasteiger partial charge in [-0.05, 0) is 40.5 Å². The van der Waals surface area contributed by atoms with Crippen LogP contribution >= 0.6 is 0 Å². The topological polar surface area (TPSA) is 9.23 Å². The molecule has 0 N–H and O–H groups in total. The maximum Gasteiger partial charge on any atom is 0.573 e. The van der Waals surface area contributed by atoms with Crippen molar-refractivity contribution in [3.63, 3.8) is 0 Å². The van der Waals surface area contributed by atoms with Crippen molar-refractivity contribution in [3.05, 3.63) is 29.3 Å². The smallest absolute Gasteiger partial charge is 0.406 e. The lowest BCUT2D eigenvalue weighted by atomic mass is 9.82. The lowest BCUT2D eigenvalue weighted by Gasteiger charge is -2.24. The molecule has 0 bridgehead atoms. The van der Waals surface area contributed by atoms with Gasteiger partial charge >= 0.3 is 6.36 Å². The maximum absolute atomic E-state index is 12.4. The summed E-state index contributed by atoms with van der Waals surface area (Å²) in [5, 5.41) is 0. The molecule has 0 saturated carbocycles. The molecule has 0 heterocycles. The van der Waals surface area contributed by atoms with Gasteiger partial charge in [-0.3, -0.25) is 0 Å². The predicted molar refractivity (Wildman–Crippen MR) is 75.0 cm³/mol. The highest BCUT2D eigenvalue weighted by Gasteiger charge is 2.32. The third kappa shape index (κ3) is 5.85. The molecular weight excluding hydrogens is 265 g/mol. The zero-order valence-corrected chi connectivity index (χ0v) is 13.0. The first-order chi connectivity index (χ1) is 8.76. The van der Waals surface area contributed by atoms with Gasteiger partial charge in [0.1, 0.15) is 5.75 Å². The van der Waals surface area contributed by atoms with E-state index in [1.807, 2.05) is 26.8 Å². The SMILES string of the molecule is CC(C)(C)Cc1cc(OC(F)(F)F)cc(C(C)(C)C)c1. The number of alkyl halides is 3. The summed E-state index contributed by atoms with van der Waals surface area (Å²) in [6.45, 7) is 12.1. The van der Waals surface area contributed by atoms with Crippen LogP contribution in [0.1, 0.15) is 52.7 Å². The molecule has 1 aromatic carbocycles. The second-order valence-corrected chi connectivity index (χ2v) is 7.40. The van der Waals surface area contributed by atoms with Gasteiger partial charge in [-0.2, -0.15) is 0 Å². The normalized spacial score (nSPS) is 13.4. The largest absolute Gasteiger partial charge is 0.573 e. The first-order valence-corrected chi connectivity index (χ1v) is 6.66. The fraction of sp³-hybridized carbons (Fsp3) is 0.625. The van der Waals surface area contributed by atoms with Crippen molar-refractivity contribution in [2.45, 2.75) is 59.7 Å². The average molecular weight is 288 g/mol. The Hall–Kier alpha value is -1.19. The Morgan fingerprint density at radius 3 is 1.85 bits per heavy atom. The molecule has 0 amide bonds. The summed E-state index contributed by atoms with van der Waals surface area (Å²) in [7, 11) is 0. The molecule has 1 aromatic rings. The Bertz CT molecular complexity index is 428. The Morgan fingerprint density at radius 2 is 1.45 bits per heavy atom. The molecule has 0 aliphatic rings. The molecule has 0 fully saturated rings. The lowest BCUT2D eigenvalue weighted by molar-refractivity contribution is -0.274. The number of benzene rings is 1. The van der Waals surface area contributed by atoms with Crippen molar-refractivity contribution in [1.29, 1.82) is 0 Å². The molecule has 114 valence electrons. The van der Waals surface area contributed by atoms with Gasteiger partial charge in [0.25, 0.3) is 0 Å². The van der Waals surface area contributed by atoms with E-state index in [0.717, 1.165) is 11.1 Å². The highest BCUT2D eigenvalue weighted by molar-refractivity contribution is 5.38. The number of hydrogen-bond acceptors (Lipinski definition) is 1. The van der Waals surface area contributed by atoms with Crippen LogP contribution in [0.3, 0.4) is 0 Å². The first-order valence-electron chi connectivity index (χ1n) is 6.66. The van der Waals surface area contributed by atoms with Crippen LogP contribution in [0.2, 0.25) is 0 Å². The summed E-state index contributed by atoms with van der Waals surface area (Å²) in [5.74, 6) is -0.135. The third-order valence-corrected chi connectivity index (χ3v) is 2.80. The molecule has 0 aromatic heterocycles. The lowest BCUT2D eigenvalue weighted by Crippen LogP contribution is -2.19. The van der Waals surface area contributed by atoms with Crippen molar-refractivity contribution in [3.8, 4) is 5.75 Å². The molecule has 20 heavy (non-hydrogen) atoms. The summed E-state index contributed by atoms with van der Waals surface area (Å²) in [6.07, 6.45) is -3.96. The maximum atomic E-state index is 12.4. The van der Waals surface area contributed by atoms with Crippen LogP contribution in [0, 0.1) is 5.41 Å². The zero-order valence-electron chi connectivity index (χ0n) is 13.0. The summed E-state index contributed by atoms with van der Waals surface area (Å²) >= 11 is 0. The van der Waals surface area contributed by atoms with Crippen molar-refractivity contribution in [2.24, 2.45) is 5.41 Å². The van der Waals surface area contributed by atoms with E-state index >= 15 is 0 Å². The van der Waals surface area contributed by atoms with E-state index in [4.69, 9.17) is 0 Å². The van der Waals surface area contributed by atoms with E-state index in [-0.39, 0.29) is 16.6 Å². The Balaban J connectivity index is 3.22. The Labute approximate surface area is 119 Å². The summed E-state index contributed by atoms with van der Waals surface area (Å²) in [5.41, 5.74) is 1.49. The fourth-order valence-corrected chi connectivity index (χ4v) is 2.00. The first kappa shape index (κ1) is 16.9. The molecule has 0 saturated heterocycles. The third-order valence-electron chi connectivity index (χ3n) is 2.80. The minimum atomic E-state index is -4.66. The van der Waals surface area contributed by atoms with Gasteiger partial charge in [-0.15, -0.1) is 13.2 Å². The van der Waals surface area contributed by atoms with E-state index in [0.29, 0.717) is 6.42 Å². The van der Waals surface area contributed by atoms with E-state index in [1.54, 1.807) is 0 Å². The quantitative estimate of drug-likeness (QED) is 0.701. The highest BCUT2D eigenvalue weighted by atomic mass is 19.4. The fourth-order valence-electron chi connectivity index (χ4n) is 2.00. The number of rotatable bonds is 2. The summed E-state index contributed by atoms with van der Waals surface area (Å²) in [4.78, 5) is 0. The molecule has 1 nitrogen and oxygen atoms in total. The zero-order chi connectivity index (χ0) is 15.8. The molecule has 0 unspecified atom stereocenters. The second-order valence-electron chi connectivity index (χ2n) is 7.40. The van der Waals surface area contributed by atoms with E-state index in [2.05, 4.69) is 25.5 Å². The number of hydrogen-bond donors (Lipinski definition) is 0. The second kappa shape index (κ2) is 5.30. The van der Waals surface area contributed by atoms with E-state index in [9.17, 15) is 13.2 Å². The molecule has 4 heteroatoms. The summed E-state index contributed by atoms with van der Waals surface area (Å²) in [6, 6.07) is 4.92. The number of halogens is 3. The monoisotopic (exact) mass is 288 g/mol. The van der Waals surface area contributed by atoms with Crippen LogP contribution < -0.4 is 4.74 Å². The van der Waals surface area contributed by atoms with Gasteiger partial charge in [0.2, 0.25) is 0 Å². The molecule has 0 spiro atoms. The molecule has 0 aliphatic carbocycles. The van der Waals surface area contributed by atoms with E-state index < -0.39 is 6.36 Å². The standard InChI is InChI=1S/C16H23F3O/c1-14(2,3)10-11-7-12(15(4,5)6)9-13(8-11)20-16(17,18)19/h7-9H,10H2,1-6H3. The van der Waals surface area contributed by atoms with Crippen LogP contribution in [0.25, 0.3) is 0 Å². The molecule has 1 rings (SSSR count). The van der Waals surface area contributed by atoms with Crippen molar-refractivity contribution >= 4 is 0 Å². The van der Waals surface area contributed by atoms with E-state index in [1.165, 1.54) is 12.1 Å². The van der Waals surface area contributed by atoms with Gasteiger partial charge in [-0.1, -0.05) is 47.6 Å². The van der Waals surface area contributed by atoms with Gasteiger partial charge in [0, 0.05) is 0 Å². The van der Waals surface area contributed by atoms with Crippen LogP contribution in [0.5, 0.6) is 5.75 Å². The minimum absolute atomic E-state index is 0.00596. The Kier molecular flexibility index (Phi) is 4.47. The predicted octanol–water partition coefficient (Wildman–Crippen LogP) is 5.47. The highest BCUT2D eigenvalue weighted by Crippen LogP contribution is 2.32. The van der Waals surface area contributed by atoms with Crippen molar-refractivity contribution in [1.82, 2.24) is 0 Å². The molecule has 0 radical (unpaired) electrons. The molecule has 0 atom stereocenters. The Morgan fingerprint density at radius 1 is 0.900 bits per heavy atom.